The van der Waals surface area contributed by atoms with E-state index in [-0.39, 0.29) is 17.8 Å². The van der Waals surface area contributed by atoms with Crippen LogP contribution < -0.4 is 5.32 Å². The fraction of sp³-hybridized carbons (Fsp3) is 0.286. The minimum absolute atomic E-state index is 0.113. The number of halogens is 1. The normalized spacial score (nSPS) is 17.8. The highest BCUT2D eigenvalue weighted by atomic mass is 19.1. The fourth-order valence-electron chi connectivity index (χ4n) is 2.36. The molecule has 1 aliphatic rings. The summed E-state index contributed by atoms with van der Waals surface area (Å²) in [5, 5.41) is 2.98. The van der Waals surface area contributed by atoms with Crippen LogP contribution in [0.15, 0.2) is 36.8 Å². The number of nitrogens with zero attached hydrogens (tertiary/aromatic N) is 2. The van der Waals surface area contributed by atoms with Crippen LogP contribution in [0.4, 0.5) is 4.39 Å². The average molecular weight is 259 g/mol. The molecule has 2 heterocycles. The second kappa shape index (κ2) is 4.84. The molecule has 0 spiro atoms. The standard InChI is InChI=1S/C14H14FN3O/c15-11-3-1-10(2-4-11)14(19)17-12-5-6-18-9-16-8-13(18)7-12/h1-4,8-9,12H,5-7H2,(H,17,19). The van der Waals surface area contributed by atoms with Crippen molar-refractivity contribution in [2.45, 2.75) is 25.4 Å². The van der Waals surface area contributed by atoms with E-state index in [0.29, 0.717) is 5.56 Å². The lowest BCUT2D eigenvalue weighted by Gasteiger charge is -2.24. The molecular formula is C14H14FN3O. The molecule has 0 radical (unpaired) electrons. The first-order chi connectivity index (χ1) is 9.22. The number of nitrogens with one attached hydrogen (secondary N) is 1. The minimum Gasteiger partial charge on any atom is -0.349 e. The van der Waals surface area contributed by atoms with Gasteiger partial charge in [0.05, 0.1) is 6.33 Å². The summed E-state index contributed by atoms with van der Waals surface area (Å²) in [4.78, 5) is 16.1. The van der Waals surface area contributed by atoms with Gasteiger partial charge in [-0.3, -0.25) is 4.79 Å². The highest BCUT2D eigenvalue weighted by Crippen LogP contribution is 2.14. The zero-order chi connectivity index (χ0) is 13.2. The van der Waals surface area contributed by atoms with E-state index in [1.807, 2.05) is 12.5 Å². The second-order valence-electron chi connectivity index (χ2n) is 4.75. The largest absolute Gasteiger partial charge is 0.349 e. The van der Waals surface area contributed by atoms with Crippen molar-refractivity contribution < 1.29 is 9.18 Å². The zero-order valence-electron chi connectivity index (χ0n) is 10.3. The molecule has 1 amide bonds. The number of hydrogen-bond acceptors (Lipinski definition) is 2. The van der Waals surface area contributed by atoms with Gasteiger partial charge in [0.1, 0.15) is 5.82 Å². The van der Waals surface area contributed by atoms with Gasteiger partial charge in [-0.2, -0.15) is 0 Å². The van der Waals surface area contributed by atoms with Crippen LogP contribution >= 0.6 is 0 Å². The number of carbonyl (C=O) groups excluding carboxylic acids is 1. The number of rotatable bonds is 2. The number of aromatic nitrogens is 2. The molecule has 3 rings (SSSR count). The number of amides is 1. The average Bonchev–Trinajstić information content (AvgIpc) is 2.87. The van der Waals surface area contributed by atoms with Crippen molar-refractivity contribution in [1.29, 1.82) is 0 Å². The molecule has 1 aromatic heterocycles. The third-order valence-electron chi connectivity index (χ3n) is 3.41. The zero-order valence-corrected chi connectivity index (χ0v) is 10.3. The smallest absolute Gasteiger partial charge is 0.251 e. The molecule has 0 aliphatic carbocycles. The summed E-state index contributed by atoms with van der Waals surface area (Å²) in [5.41, 5.74) is 1.62. The Kier molecular flexibility index (Phi) is 3.03. The summed E-state index contributed by atoms with van der Waals surface area (Å²) in [6, 6.07) is 5.70. The van der Waals surface area contributed by atoms with E-state index >= 15 is 0 Å². The van der Waals surface area contributed by atoms with E-state index in [9.17, 15) is 9.18 Å². The van der Waals surface area contributed by atoms with Crippen LogP contribution in [0.2, 0.25) is 0 Å². The molecule has 19 heavy (non-hydrogen) atoms. The van der Waals surface area contributed by atoms with Crippen molar-refractivity contribution in [2.24, 2.45) is 0 Å². The molecule has 5 heteroatoms. The Balaban J connectivity index is 1.66. The molecule has 1 N–H and O–H groups in total. The van der Waals surface area contributed by atoms with Gasteiger partial charge >= 0.3 is 0 Å². The van der Waals surface area contributed by atoms with Crippen LogP contribution in [-0.2, 0) is 13.0 Å². The molecule has 4 nitrogen and oxygen atoms in total. The predicted molar refractivity (Wildman–Crippen MR) is 68.2 cm³/mol. The van der Waals surface area contributed by atoms with Crippen molar-refractivity contribution in [3.63, 3.8) is 0 Å². The molecule has 0 saturated heterocycles. The van der Waals surface area contributed by atoms with Crippen molar-refractivity contribution in [2.75, 3.05) is 0 Å². The number of aryl methyl sites for hydroxylation is 1. The monoisotopic (exact) mass is 259 g/mol. The van der Waals surface area contributed by atoms with Crippen LogP contribution in [0.1, 0.15) is 22.5 Å². The van der Waals surface area contributed by atoms with Crippen molar-refractivity contribution in [3.8, 4) is 0 Å². The van der Waals surface area contributed by atoms with Gasteiger partial charge in [0.15, 0.2) is 0 Å². The van der Waals surface area contributed by atoms with Gasteiger partial charge in [-0.15, -0.1) is 0 Å². The van der Waals surface area contributed by atoms with Crippen LogP contribution in [0.5, 0.6) is 0 Å². The molecular weight excluding hydrogens is 245 g/mol. The first kappa shape index (κ1) is 11.9. The first-order valence-corrected chi connectivity index (χ1v) is 6.28. The van der Waals surface area contributed by atoms with Crippen LogP contribution in [-0.4, -0.2) is 21.5 Å². The number of benzene rings is 1. The fourth-order valence-corrected chi connectivity index (χ4v) is 2.36. The molecule has 0 fully saturated rings. The van der Waals surface area contributed by atoms with E-state index in [1.165, 1.54) is 24.3 Å². The van der Waals surface area contributed by atoms with Gasteiger partial charge in [0.2, 0.25) is 0 Å². The van der Waals surface area contributed by atoms with Crippen LogP contribution in [0.3, 0.4) is 0 Å². The van der Waals surface area contributed by atoms with Crippen molar-refractivity contribution >= 4 is 5.91 Å². The number of fused-ring (bicyclic) bond motifs is 1. The van der Waals surface area contributed by atoms with E-state index in [2.05, 4.69) is 14.9 Å². The quantitative estimate of drug-likeness (QED) is 0.893. The number of imidazole rings is 1. The third kappa shape index (κ3) is 2.50. The summed E-state index contributed by atoms with van der Waals surface area (Å²) in [6.45, 7) is 0.865. The predicted octanol–water partition coefficient (Wildman–Crippen LogP) is 1.77. The maximum Gasteiger partial charge on any atom is 0.251 e. The topological polar surface area (TPSA) is 46.9 Å². The Hall–Kier alpha value is -2.17. The second-order valence-corrected chi connectivity index (χ2v) is 4.75. The Bertz CT molecular complexity index is 591. The van der Waals surface area contributed by atoms with Gasteiger partial charge < -0.3 is 9.88 Å². The summed E-state index contributed by atoms with van der Waals surface area (Å²) in [6.07, 6.45) is 5.31. The van der Waals surface area contributed by atoms with E-state index in [4.69, 9.17) is 0 Å². The minimum atomic E-state index is -0.335. The molecule has 1 atom stereocenters. The van der Waals surface area contributed by atoms with Gasteiger partial charge in [-0.05, 0) is 30.7 Å². The molecule has 2 aromatic rings. The third-order valence-corrected chi connectivity index (χ3v) is 3.41. The van der Waals surface area contributed by atoms with Gasteiger partial charge in [0, 0.05) is 36.5 Å². The molecule has 0 bridgehead atoms. The highest BCUT2D eigenvalue weighted by Gasteiger charge is 2.20. The van der Waals surface area contributed by atoms with E-state index in [1.54, 1.807) is 0 Å². The van der Waals surface area contributed by atoms with Gasteiger partial charge in [0.25, 0.3) is 5.91 Å². The summed E-state index contributed by atoms with van der Waals surface area (Å²) >= 11 is 0. The lowest BCUT2D eigenvalue weighted by Crippen LogP contribution is -2.39. The number of carbonyl (C=O) groups is 1. The summed E-state index contributed by atoms with van der Waals surface area (Å²) in [5.74, 6) is -0.490. The summed E-state index contributed by atoms with van der Waals surface area (Å²) < 4.78 is 14.9. The molecule has 0 saturated carbocycles. The molecule has 1 aromatic carbocycles. The van der Waals surface area contributed by atoms with E-state index in [0.717, 1.165) is 25.1 Å². The maximum atomic E-state index is 12.8. The lowest BCUT2D eigenvalue weighted by molar-refractivity contribution is 0.0931. The Morgan fingerprint density at radius 1 is 1.37 bits per heavy atom. The maximum absolute atomic E-state index is 12.8. The molecule has 1 unspecified atom stereocenters. The highest BCUT2D eigenvalue weighted by molar-refractivity contribution is 5.94. The molecule has 1 aliphatic heterocycles. The van der Waals surface area contributed by atoms with Gasteiger partial charge in [-0.1, -0.05) is 0 Å². The SMILES string of the molecule is O=C(NC1CCn2cncc2C1)c1ccc(F)cc1. The Morgan fingerprint density at radius 3 is 2.95 bits per heavy atom. The first-order valence-electron chi connectivity index (χ1n) is 6.28. The Labute approximate surface area is 110 Å². The summed E-state index contributed by atoms with van der Waals surface area (Å²) in [7, 11) is 0. The Morgan fingerprint density at radius 2 is 2.16 bits per heavy atom. The van der Waals surface area contributed by atoms with Crippen molar-refractivity contribution in [1.82, 2.24) is 14.9 Å². The van der Waals surface area contributed by atoms with Gasteiger partial charge in [-0.25, -0.2) is 9.37 Å². The number of hydrogen-bond donors (Lipinski definition) is 1. The van der Waals surface area contributed by atoms with Crippen LogP contribution in [0.25, 0.3) is 0 Å². The van der Waals surface area contributed by atoms with E-state index < -0.39 is 0 Å². The lowest BCUT2D eigenvalue weighted by atomic mass is 10.0. The van der Waals surface area contributed by atoms with Crippen LogP contribution in [0, 0.1) is 5.82 Å². The van der Waals surface area contributed by atoms with Crippen molar-refractivity contribution in [3.05, 3.63) is 53.9 Å². The molecule has 98 valence electrons.